The number of nitrogens with zero attached hydrogens (tertiary/aromatic N) is 1. The maximum atomic E-state index is 5.44. The van der Waals surface area contributed by atoms with Crippen molar-refractivity contribution in [3.8, 4) is 11.6 Å². The molecule has 0 saturated carbocycles. The third-order valence-corrected chi connectivity index (χ3v) is 1.89. The van der Waals surface area contributed by atoms with E-state index in [9.17, 15) is 0 Å². The van der Waals surface area contributed by atoms with E-state index in [4.69, 9.17) is 15.2 Å². The number of pyridine rings is 1. The highest BCUT2D eigenvalue weighted by atomic mass is 16.6. The Kier molecular flexibility index (Phi) is 2.31. The number of rotatable bonds is 2. The summed E-state index contributed by atoms with van der Waals surface area (Å²) in [5, 5.41) is 0. The molecule has 2 N–H and O–H groups in total. The van der Waals surface area contributed by atoms with Crippen molar-refractivity contribution in [3.63, 3.8) is 0 Å². The summed E-state index contributed by atoms with van der Waals surface area (Å²) in [5.74, 6) is 1.32. The highest BCUT2D eigenvalue weighted by Crippen LogP contribution is 2.27. The number of hydrogen-bond donors (Lipinski definition) is 1. The van der Waals surface area contributed by atoms with Crippen LogP contribution in [0.4, 0.5) is 0 Å². The van der Waals surface area contributed by atoms with E-state index in [1.807, 2.05) is 6.07 Å². The van der Waals surface area contributed by atoms with Crippen LogP contribution in [0.2, 0.25) is 0 Å². The molecule has 1 aliphatic rings. The molecule has 0 radical (unpaired) electrons. The van der Waals surface area contributed by atoms with Crippen molar-refractivity contribution in [1.82, 2.24) is 4.98 Å². The van der Waals surface area contributed by atoms with Gasteiger partial charge in [-0.3, -0.25) is 0 Å². The molecule has 1 aliphatic heterocycles. The van der Waals surface area contributed by atoms with Gasteiger partial charge < -0.3 is 15.2 Å². The largest absolute Gasteiger partial charge is 0.484 e. The zero-order chi connectivity index (χ0) is 9.10. The summed E-state index contributed by atoms with van der Waals surface area (Å²) in [5.41, 5.74) is 6.53. The van der Waals surface area contributed by atoms with E-state index in [-0.39, 0.29) is 0 Å². The Hall–Kier alpha value is -1.29. The average molecular weight is 180 g/mol. The molecule has 0 fully saturated rings. The van der Waals surface area contributed by atoms with Gasteiger partial charge in [-0.25, -0.2) is 4.98 Å². The second kappa shape index (κ2) is 3.62. The number of hydrogen-bond acceptors (Lipinski definition) is 4. The molecule has 0 spiro atoms. The second-order valence-electron chi connectivity index (χ2n) is 2.88. The fourth-order valence-electron chi connectivity index (χ4n) is 1.28. The Labute approximate surface area is 76.7 Å². The Morgan fingerprint density at radius 3 is 3.08 bits per heavy atom. The lowest BCUT2D eigenvalue weighted by Crippen LogP contribution is -2.16. The van der Waals surface area contributed by atoms with Crippen molar-refractivity contribution >= 4 is 0 Å². The quantitative estimate of drug-likeness (QED) is 0.713. The van der Waals surface area contributed by atoms with Crippen molar-refractivity contribution in [3.05, 3.63) is 17.8 Å². The molecule has 13 heavy (non-hydrogen) atoms. The summed E-state index contributed by atoms with van der Waals surface area (Å²) in [4.78, 5) is 4.14. The standard InChI is InChI=1S/C9H12N2O2/c10-2-1-7-5-8-9(11-6-7)13-4-3-12-8/h5-6H,1-4,10H2. The third kappa shape index (κ3) is 1.72. The molecule has 0 unspecified atom stereocenters. The van der Waals surface area contributed by atoms with Crippen LogP contribution in [0.5, 0.6) is 11.6 Å². The van der Waals surface area contributed by atoms with E-state index in [1.165, 1.54) is 0 Å². The zero-order valence-electron chi connectivity index (χ0n) is 7.32. The topological polar surface area (TPSA) is 57.4 Å². The minimum absolute atomic E-state index is 0.580. The predicted octanol–water partition coefficient (Wildman–Crippen LogP) is 0.354. The van der Waals surface area contributed by atoms with E-state index in [0.29, 0.717) is 25.6 Å². The van der Waals surface area contributed by atoms with Gasteiger partial charge in [0.15, 0.2) is 5.75 Å². The van der Waals surface area contributed by atoms with Gasteiger partial charge in [-0.1, -0.05) is 0 Å². The first kappa shape index (κ1) is 8.31. The van der Waals surface area contributed by atoms with Crippen LogP contribution in [-0.2, 0) is 6.42 Å². The first-order valence-electron chi connectivity index (χ1n) is 4.35. The number of ether oxygens (including phenoxy) is 2. The molecule has 1 aromatic rings. The van der Waals surface area contributed by atoms with Crippen molar-refractivity contribution in [2.24, 2.45) is 5.73 Å². The molecular weight excluding hydrogens is 168 g/mol. The normalized spacial score (nSPS) is 14.2. The van der Waals surface area contributed by atoms with Gasteiger partial charge >= 0.3 is 0 Å². The fourth-order valence-corrected chi connectivity index (χ4v) is 1.28. The van der Waals surface area contributed by atoms with Gasteiger partial charge in [-0.15, -0.1) is 0 Å². The molecule has 0 amide bonds. The maximum Gasteiger partial charge on any atom is 0.257 e. The highest BCUT2D eigenvalue weighted by Gasteiger charge is 2.12. The number of nitrogens with two attached hydrogens (primary N) is 1. The molecule has 1 aromatic heterocycles. The summed E-state index contributed by atoms with van der Waals surface area (Å²) in [6.07, 6.45) is 2.60. The van der Waals surface area contributed by atoms with Gasteiger partial charge in [0, 0.05) is 6.20 Å². The second-order valence-corrected chi connectivity index (χ2v) is 2.88. The minimum atomic E-state index is 0.580. The van der Waals surface area contributed by atoms with E-state index in [0.717, 1.165) is 17.7 Å². The summed E-state index contributed by atoms with van der Waals surface area (Å²) in [7, 11) is 0. The van der Waals surface area contributed by atoms with Crippen LogP contribution >= 0.6 is 0 Å². The van der Waals surface area contributed by atoms with Crippen LogP contribution in [0.3, 0.4) is 0 Å². The first-order chi connectivity index (χ1) is 6.40. The molecule has 0 aliphatic carbocycles. The van der Waals surface area contributed by atoms with Crippen LogP contribution < -0.4 is 15.2 Å². The van der Waals surface area contributed by atoms with Gasteiger partial charge in [-0.05, 0) is 24.6 Å². The van der Waals surface area contributed by atoms with E-state index < -0.39 is 0 Å². The molecule has 0 aromatic carbocycles. The van der Waals surface area contributed by atoms with Crippen molar-refractivity contribution in [1.29, 1.82) is 0 Å². The SMILES string of the molecule is NCCc1cnc2c(c1)OCCO2. The van der Waals surface area contributed by atoms with Crippen LogP contribution in [-0.4, -0.2) is 24.7 Å². The molecule has 70 valence electrons. The molecule has 4 heteroatoms. The monoisotopic (exact) mass is 180 g/mol. The zero-order valence-corrected chi connectivity index (χ0v) is 7.32. The van der Waals surface area contributed by atoms with Gasteiger partial charge in [0.25, 0.3) is 5.88 Å². The molecule has 0 bridgehead atoms. The van der Waals surface area contributed by atoms with Gasteiger partial charge in [0.05, 0.1) is 0 Å². The van der Waals surface area contributed by atoms with Gasteiger partial charge in [0.1, 0.15) is 13.2 Å². The lowest BCUT2D eigenvalue weighted by atomic mass is 10.2. The maximum absolute atomic E-state index is 5.44. The number of aromatic nitrogens is 1. The summed E-state index contributed by atoms with van der Waals surface area (Å²) in [6.45, 7) is 1.80. The third-order valence-electron chi connectivity index (χ3n) is 1.89. The summed E-state index contributed by atoms with van der Waals surface area (Å²) < 4.78 is 10.7. The van der Waals surface area contributed by atoms with E-state index in [2.05, 4.69) is 4.98 Å². The van der Waals surface area contributed by atoms with E-state index in [1.54, 1.807) is 6.20 Å². The Morgan fingerprint density at radius 1 is 1.38 bits per heavy atom. The van der Waals surface area contributed by atoms with Crippen LogP contribution in [0, 0.1) is 0 Å². The summed E-state index contributed by atoms with van der Waals surface area (Å²) in [6, 6.07) is 1.94. The smallest absolute Gasteiger partial charge is 0.257 e. The number of fused-ring (bicyclic) bond motifs is 1. The van der Waals surface area contributed by atoms with Crippen molar-refractivity contribution in [2.75, 3.05) is 19.8 Å². The van der Waals surface area contributed by atoms with Crippen LogP contribution in [0.1, 0.15) is 5.56 Å². The lowest BCUT2D eigenvalue weighted by molar-refractivity contribution is 0.164. The fraction of sp³-hybridized carbons (Fsp3) is 0.444. The summed E-state index contributed by atoms with van der Waals surface area (Å²) >= 11 is 0. The van der Waals surface area contributed by atoms with Crippen LogP contribution in [0.15, 0.2) is 12.3 Å². The average Bonchev–Trinajstić information content (AvgIpc) is 2.18. The molecule has 2 heterocycles. The van der Waals surface area contributed by atoms with E-state index >= 15 is 0 Å². The predicted molar refractivity (Wildman–Crippen MR) is 48.0 cm³/mol. The molecule has 0 atom stereocenters. The first-order valence-corrected chi connectivity index (χ1v) is 4.35. The Balaban J connectivity index is 2.24. The molecule has 0 saturated heterocycles. The lowest BCUT2D eigenvalue weighted by Gasteiger charge is -2.17. The minimum Gasteiger partial charge on any atom is -0.484 e. The van der Waals surface area contributed by atoms with Crippen molar-refractivity contribution in [2.45, 2.75) is 6.42 Å². The van der Waals surface area contributed by atoms with Gasteiger partial charge in [-0.2, -0.15) is 0 Å². The van der Waals surface area contributed by atoms with Crippen LogP contribution in [0.25, 0.3) is 0 Å². The highest BCUT2D eigenvalue weighted by molar-refractivity contribution is 5.37. The molecular formula is C9H12N2O2. The Morgan fingerprint density at radius 2 is 2.23 bits per heavy atom. The molecule has 2 rings (SSSR count). The molecule has 4 nitrogen and oxygen atoms in total. The Bertz CT molecular complexity index is 302. The van der Waals surface area contributed by atoms with Crippen molar-refractivity contribution < 1.29 is 9.47 Å². The van der Waals surface area contributed by atoms with Gasteiger partial charge in [0.2, 0.25) is 0 Å².